The molecule has 0 bridgehead atoms. The molecule has 32 heavy (non-hydrogen) atoms. The number of nitrogens with zero attached hydrogens (tertiary/aromatic N) is 1. The fourth-order valence-electron chi connectivity index (χ4n) is 2.81. The van der Waals surface area contributed by atoms with Crippen molar-refractivity contribution in [2.75, 3.05) is 0 Å². The SMILES string of the molecule is O=C1OC(c2ccc(I)c(Br)c2)=N/C1=C\c1cc(Br)c(OC(=O)c2ccccc2)c(Br)c1. The molecule has 0 amide bonds. The van der Waals surface area contributed by atoms with Gasteiger partial charge in [-0.1, -0.05) is 18.2 Å². The Balaban J connectivity index is 1.60. The fraction of sp³-hybridized carbons (Fsp3) is 0. The zero-order chi connectivity index (χ0) is 22.8. The standard InChI is InChI=1S/C23H11Br3INO4/c24-15-11-14(6-7-18(15)27)21-28-19(23(30)32-21)10-12-8-16(25)20(17(26)9-12)31-22(29)13-4-2-1-3-5-13/h1-11H/b19-10-. The van der Waals surface area contributed by atoms with Crippen LogP contribution in [0.4, 0.5) is 0 Å². The molecular formula is C23H11Br3INO4. The van der Waals surface area contributed by atoms with Gasteiger partial charge < -0.3 is 9.47 Å². The largest absolute Gasteiger partial charge is 0.421 e. The predicted octanol–water partition coefficient (Wildman–Crippen LogP) is 7.14. The second-order valence-corrected chi connectivity index (χ2v) is 10.3. The second kappa shape index (κ2) is 9.98. The third-order valence-electron chi connectivity index (χ3n) is 4.32. The van der Waals surface area contributed by atoms with Crippen molar-refractivity contribution in [1.29, 1.82) is 0 Å². The molecular weight excluding hydrogens is 721 g/mol. The van der Waals surface area contributed by atoms with Gasteiger partial charge in [0.15, 0.2) is 11.4 Å². The molecule has 5 nitrogen and oxygen atoms in total. The topological polar surface area (TPSA) is 65.0 Å². The van der Waals surface area contributed by atoms with Gasteiger partial charge in [0.25, 0.3) is 0 Å². The number of rotatable bonds is 4. The number of hydrogen-bond acceptors (Lipinski definition) is 5. The lowest BCUT2D eigenvalue weighted by atomic mass is 10.2. The maximum Gasteiger partial charge on any atom is 0.363 e. The second-order valence-electron chi connectivity index (χ2n) is 6.53. The Labute approximate surface area is 222 Å². The summed E-state index contributed by atoms with van der Waals surface area (Å²) in [6.07, 6.45) is 1.61. The molecule has 0 unspecified atom stereocenters. The molecule has 1 aliphatic rings. The normalized spacial score (nSPS) is 14.3. The molecule has 0 radical (unpaired) electrons. The first-order chi connectivity index (χ1) is 15.3. The molecule has 9 heteroatoms. The molecule has 0 aliphatic carbocycles. The van der Waals surface area contributed by atoms with Crippen LogP contribution in [0.2, 0.25) is 0 Å². The van der Waals surface area contributed by atoms with Gasteiger partial charge in [-0.15, -0.1) is 0 Å². The molecule has 3 aromatic rings. The maximum atomic E-state index is 12.4. The van der Waals surface area contributed by atoms with Gasteiger partial charge in [0.1, 0.15) is 0 Å². The van der Waals surface area contributed by atoms with Gasteiger partial charge in [-0.3, -0.25) is 0 Å². The van der Waals surface area contributed by atoms with Crippen molar-refractivity contribution in [3.05, 3.63) is 100 Å². The van der Waals surface area contributed by atoms with Gasteiger partial charge in [-0.2, -0.15) is 0 Å². The zero-order valence-electron chi connectivity index (χ0n) is 15.9. The highest BCUT2D eigenvalue weighted by atomic mass is 127. The lowest BCUT2D eigenvalue weighted by molar-refractivity contribution is -0.129. The summed E-state index contributed by atoms with van der Waals surface area (Å²) in [5.74, 6) is -0.440. The molecule has 1 aliphatic heterocycles. The Bertz CT molecular complexity index is 1280. The number of carbonyl (C=O) groups is 2. The van der Waals surface area contributed by atoms with Crippen LogP contribution in [-0.2, 0) is 9.53 Å². The first kappa shape index (κ1) is 23.3. The third-order valence-corrected chi connectivity index (χ3v) is 7.83. The number of halogens is 4. The van der Waals surface area contributed by atoms with Gasteiger partial charge in [-0.25, -0.2) is 14.6 Å². The maximum absolute atomic E-state index is 12.4. The number of ether oxygens (including phenoxy) is 2. The van der Waals surface area contributed by atoms with Crippen LogP contribution in [0, 0.1) is 3.57 Å². The highest BCUT2D eigenvalue weighted by molar-refractivity contribution is 14.1. The van der Waals surface area contributed by atoms with Gasteiger partial charge in [-0.05, 0) is 124 Å². The Morgan fingerprint density at radius 2 is 1.66 bits per heavy atom. The van der Waals surface area contributed by atoms with Crippen molar-refractivity contribution >= 4 is 94.3 Å². The molecule has 0 saturated carbocycles. The van der Waals surface area contributed by atoms with E-state index in [1.807, 2.05) is 24.3 Å². The van der Waals surface area contributed by atoms with Crippen molar-refractivity contribution in [2.24, 2.45) is 4.99 Å². The van der Waals surface area contributed by atoms with Crippen LogP contribution in [0.1, 0.15) is 21.5 Å². The van der Waals surface area contributed by atoms with E-state index in [9.17, 15) is 9.59 Å². The fourth-order valence-corrected chi connectivity index (χ4v) is 4.90. The predicted molar refractivity (Wildman–Crippen MR) is 141 cm³/mol. The lowest BCUT2D eigenvalue weighted by Crippen LogP contribution is -2.09. The van der Waals surface area contributed by atoms with E-state index in [-0.39, 0.29) is 11.6 Å². The van der Waals surface area contributed by atoms with Crippen molar-refractivity contribution in [3.8, 4) is 5.75 Å². The van der Waals surface area contributed by atoms with E-state index in [4.69, 9.17) is 9.47 Å². The van der Waals surface area contributed by atoms with Gasteiger partial charge in [0.05, 0.1) is 14.5 Å². The molecule has 0 saturated heterocycles. The zero-order valence-corrected chi connectivity index (χ0v) is 22.9. The van der Waals surface area contributed by atoms with E-state index in [1.165, 1.54) is 0 Å². The van der Waals surface area contributed by atoms with Gasteiger partial charge >= 0.3 is 11.9 Å². The molecule has 0 N–H and O–H groups in total. The number of benzene rings is 3. The van der Waals surface area contributed by atoms with Gasteiger partial charge in [0.2, 0.25) is 5.90 Å². The summed E-state index contributed by atoms with van der Waals surface area (Å²) in [5, 5.41) is 0. The van der Waals surface area contributed by atoms with Crippen LogP contribution >= 0.6 is 70.4 Å². The van der Waals surface area contributed by atoms with Crippen molar-refractivity contribution < 1.29 is 19.1 Å². The van der Waals surface area contributed by atoms with E-state index < -0.39 is 11.9 Å². The van der Waals surface area contributed by atoms with Gasteiger partial charge in [0, 0.05) is 13.6 Å². The highest BCUT2D eigenvalue weighted by Crippen LogP contribution is 2.36. The summed E-state index contributed by atoms with van der Waals surface area (Å²) >= 11 is 12.5. The Morgan fingerprint density at radius 1 is 0.969 bits per heavy atom. The summed E-state index contributed by atoms with van der Waals surface area (Å²) in [6, 6.07) is 17.8. The Kier molecular flexibility index (Phi) is 7.28. The minimum Gasteiger partial charge on any atom is -0.421 e. The minimum atomic E-state index is -0.540. The monoisotopic (exact) mass is 729 g/mol. The van der Waals surface area contributed by atoms with Crippen molar-refractivity contribution in [3.63, 3.8) is 0 Å². The quantitative estimate of drug-likeness (QED) is 0.124. The third kappa shape index (κ3) is 5.22. The summed E-state index contributed by atoms with van der Waals surface area (Å²) in [7, 11) is 0. The smallest absolute Gasteiger partial charge is 0.363 e. The van der Waals surface area contributed by atoms with E-state index in [2.05, 4.69) is 75.4 Å². The number of carbonyl (C=O) groups excluding carboxylic acids is 2. The number of hydrogen-bond donors (Lipinski definition) is 0. The lowest BCUT2D eigenvalue weighted by Gasteiger charge is -2.10. The first-order valence-corrected chi connectivity index (χ1v) is 12.5. The molecule has 0 aromatic heterocycles. The average Bonchev–Trinajstić information content (AvgIpc) is 3.13. The highest BCUT2D eigenvalue weighted by Gasteiger charge is 2.25. The summed E-state index contributed by atoms with van der Waals surface area (Å²) < 4.78 is 13.9. The Morgan fingerprint density at radius 3 is 2.31 bits per heavy atom. The van der Waals surface area contributed by atoms with E-state index in [1.54, 1.807) is 42.5 Å². The average molecular weight is 732 g/mol. The van der Waals surface area contributed by atoms with Crippen LogP contribution < -0.4 is 4.74 Å². The van der Waals surface area contributed by atoms with E-state index in [0.29, 0.717) is 31.4 Å². The molecule has 3 aromatic carbocycles. The molecule has 0 spiro atoms. The van der Waals surface area contributed by atoms with E-state index >= 15 is 0 Å². The van der Waals surface area contributed by atoms with Crippen LogP contribution in [0.5, 0.6) is 5.75 Å². The van der Waals surface area contributed by atoms with E-state index in [0.717, 1.165) is 8.04 Å². The number of cyclic esters (lactones) is 1. The summed E-state index contributed by atoms with van der Waals surface area (Å²) in [4.78, 5) is 29.1. The summed E-state index contributed by atoms with van der Waals surface area (Å²) in [5.41, 5.74) is 1.97. The van der Waals surface area contributed by atoms with Crippen LogP contribution in [-0.4, -0.2) is 17.8 Å². The number of aliphatic imine (C=N–C) groups is 1. The molecule has 160 valence electrons. The van der Waals surface area contributed by atoms with Crippen molar-refractivity contribution in [2.45, 2.75) is 0 Å². The first-order valence-electron chi connectivity index (χ1n) is 9.06. The molecule has 4 rings (SSSR count). The molecule has 0 fully saturated rings. The van der Waals surface area contributed by atoms with Crippen LogP contribution in [0.25, 0.3) is 6.08 Å². The van der Waals surface area contributed by atoms with Crippen LogP contribution in [0.3, 0.4) is 0 Å². The summed E-state index contributed by atoms with van der Waals surface area (Å²) in [6.45, 7) is 0. The van der Waals surface area contributed by atoms with Crippen LogP contribution in [0.15, 0.2) is 84.8 Å². The minimum absolute atomic E-state index is 0.169. The number of esters is 2. The van der Waals surface area contributed by atoms with Crippen molar-refractivity contribution in [1.82, 2.24) is 0 Å². The molecule has 0 atom stereocenters. The molecule has 1 heterocycles. The Hall–Kier alpha value is -1.82.